The van der Waals surface area contributed by atoms with Gasteiger partial charge >= 0.3 is 0 Å². The Hall–Kier alpha value is -0.560. The Kier molecular flexibility index (Phi) is 2.06. The first-order valence-corrected chi connectivity index (χ1v) is 3.31. The average Bonchev–Trinajstić information content (AvgIpc) is 1.90. The molecular formula is C7H8ClN. The van der Waals surface area contributed by atoms with Gasteiger partial charge in [0.15, 0.2) is 0 Å². The number of hydrogen-bond donors (Lipinski definition) is 0. The van der Waals surface area contributed by atoms with Crippen LogP contribution in [0, 0.1) is 0 Å². The summed E-state index contributed by atoms with van der Waals surface area (Å²) in [6.07, 6.45) is 2.81. The zero-order valence-electron chi connectivity index (χ0n) is 5.26. The molecule has 1 aromatic heterocycles. The number of hydrogen-bond acceptors (Lipinski definition) is 1. The summed E-state index contributed by atoms with van der Waals surface area (Å²) in [6, 6.07) is 3.79. The molecule has 48 valence electrons. The predicted octanol–water partition coefficient (Wildman–Crippen LogP) is 2.30. The van der Waals surface area contributed by atoms with Crippen LogP contribution in [0.5, 0.6) is 0 Å². The Morgan fingerprint density at radius 3 is 2.78 bits per heavy atom. The molecule has 0 spiro atoms. The second kappa shape index (κ2) is 2.83. The molecule has 0 atom stereocenters. The maximum atomic E-state index is 5.56. The Balaban J connectivity index is 2.88. The summed E-state index contributed by atoms with van der Waals surface area (Å²) in [6.45, 7) is 2.09. The summed E-state index contributed by atoms with van der Waals surface area (Å²) in [4.78, 5) is 3.92. The molecule has 0 aliphatic heterocycles. The average molecular weight is 142 g/mol. The molecule has 2 heteroatoms. The number of pyridine rings is 1. The number of aromatic nitrogens is 1. The molecule has 1 heterocycles. The van der Waals surface area contributed by atoms with E-state index in [1.807, 2.05) is 6.07 Å². The first-order valence-electron chi connectivity index (χ1n) is 2.93. The van der Waals surface area contributed by atoms with E-state index < -0.39 is 0 Å². The fourth-order valence-electron chi connectivity index (χ4n) is 0.616. The van der Waals surface area contributed by atoms with Gasteiger partial charge in [0.2, 0.25) is 0 Å². The lowest BCUT2D eigenvalue weighted by Gasteiger charge is -1.92. The third-order valence-electron chi connectivity index (χ3n) is 1.20. The van der Waals surface area contributed by atoms with Crippen molar-refractivity contribution >= 4 is 11.6 Å². The number of aryl methyl sites for hydroxylation is 1. The molecule has 0 aliphatic rings. The van der Waals surface area contributed by atoms with Crippen molar-refractivity contribution in [1.29, 1.82) is 0 Å². The normalized spacial score (nSPS) is 9.56. The van der Waals surface area contributed by atoms with Gasteiger partial charge in [-0.3, -0.25) is 0 Å². The number of rotatable bonds is 1. The van der Waals surface area contributed by atoms with E-state index in [0.717, 1.165) is 6.42 Å². The van der Waals surface area contributed by atoms with Gasteiger partial charge in [0.05, 0.1) is 0 Å². The summed E-state index contributed by atoms with van der Waals surface area (Å²) in [5.41, 5.74) is 1.22. The van der Waals surface area contributed by atoms with E-state index in [1.165, 1.54) is 5.56 Å². The highest BCUT2D eigenvalue weighted by Gasteiger charge is 1.87. The number of nitrogens with zero attached hydrogens (tertiary/aromatic N) is 1. The summed E-state index contributed by atoms with van der Waals surface area (Å²) in [5, 5.41) is 0.562. The van der Waals surface area contributed by atoms with Crippen molar-refractivity contribution in [3.05, 3.63) is 29.0 Å². The Morgan fingerprint density at radius 2 is 2.33 bits per heavy atom. The van der Waals surface area contributed by atoms with E-state index in [1.54, 1.807) is 12.3 Å². The smallest absolute Gasteiger partial charge is 0.129 e. The monoisotopic (exact) mass is 141 g/mol. The molecule has 0 unspecified atom stereocenters. The van der Waals surface area contributed by atoms with Crippen LogP contribution in [0.1, 0.15) is 12.5 Å². The molecule has 0 aliphatic carbocycles. The molecule has 9 heavy (non-hydrogen) atoms. The van der Waals surface area contributed by atoms with Crippen LogP contribution in [0.2, 0.25) is 5.15 Å². The third-order valence-corrected chi connectivity index (χ3v) is 1.42. The van der Waals surface area contributed by atoms with Crippen molar-refractivity contribution in [2.24, 2.45) is 0 Å². The summed E-state index contributed by atoms with van der Waals surface area (Å²) in [7, 11) is 0. The van der Waals surface area contributed by atoms with Gasteiger partial charge in [-0.25, -0.2) is 4.98 Å². The minimum absolute atomic E-state index is 0.562. The van der Waals surface area contributed by atoms with E-state index in [2.05, 4.69) is 11.9 Å². The van der Waals surface area contributed by atoms with Gasteiger partial charge in [0.1, 0.15) is 5.15 Å². The fraction of sp³-hybridized carbons (Fsp3) is 0.286. The van der Waals surface area contributed by atoms with Crippen molar-refractivity contribution in [2.75, 3.05) is 0 Å². The van der Waals surface area contributed by atoms with Gasteiger partial charge in [0, 0.05) is 6.20 Å². The Morgan fingerprint density at radius 1 is 1.56 bits per heavy atom. The molecule has 0 N–H and O–H groups in total. The first kappa shape index (κ1) is 6.56. The van der Waals surface area contributed by atoms with Crippen LogP contribution < -0.4 is 0 Å². The van der Waals surface area contributed by atoms with Crippen molar-refractivity contribution in [1.82, 2.24) is 4.98 Å². The minimum atomic E-state index is 0.562. The van der Waals surface area contributed by atoms with E-state index >= 15 is 0 Å². The SMILES string of the molecule is CCc1ccc(Cl)nc1. The van der Waals surface area contributed by atoms with Crippen molar-refractivity contribution in [2.45, 2.75) is 13.3 Å². The minimum Gasteiger partial charge on any atom is -0.244 e. The highest BCUT2D eigenvalue weighted by Crippen LogP contribution is 2.04. The molecular weight excluding hydrogens is 134 g/mol. The molecule has 0 bridgehead atoms. The molecule has 0 aromatic carbocycles. The maximum Gasteiger partial charge on any atom is 0.129 e. The van der Waals surface area contributed by atoms with Crippen LogP contribution >= 0.6 is 11.6 Å². The molecule has 0 fully saturated rings. The zero-order valence-corrected chi connectivity index (χ0v) is 6.02. The summed E-state index contributed by atoms with van der Waals surface area (Å²) < 4.78 is 0. The largest absolute Gasteiger partial charge is 0.244 e. The summed E-state index contributed by atoms with van der Waals surface area (Å²) in [5.74, 6) is 0. The van der Waals surface area contributed by atoms with Crippen LogP contribution in [0.25, 0.3) is 0 Å². The lowest BCUT2D eigenvalue weighted by molar-refractivity contribution is 1.10. The standard InChI is InChI=1S/C7H8ClN/c1-2-6-3-4-7(8)9-5-6/h3-5H,2H2,1H3. The Bertz CT molecular complexity index is 181. The highest BCUT2D eigenvalue weighted by atomic mass is 35.5. The topological polar surface area (TPSA) is 12.9 Å². The fourth-order valence-corrected chi connectivity index (χ4v) is 0.727. The van der Waals surface area contributed by atoms with Gasteiger partial charge in [-0.1, -0.05) is 24.6 Å². The highest BCUT2D eigenvalue weighted by molar-refractivity contribution is 6.29. The lowest BCUT2D eigenvalue weighted by atomic mass is 10.2. The van der Waals surface area contributed by atoms with E-state index in [4.69, 9.17) is 11.6 Å². The van der Waals surface area contributed by atoms with Crippen LogP contribution in [-0.2, 0) is 6.42 Å². The van der Waals surface area contributed by atoms with Crippen LogP contribution in [0.4, 0.5) is 0 Å². The maximum absolute atomic E-state index is 5.56. The van der Waals surface area contributed by atoms with Crippen molar-refractivity contribution in [3.63, 3.8) is 0 Å². The molecule has 1 rings (SSSR count). The van der Waals surface area contributed by atoms with Gasteiger partial charge in [-0.05, 0) is 18.1 Å². The second-order valence-electron chi connectivity index (χ2n) is 1.84. The molecule has 0 radical (unpaired) electrons. The van der Waals surface area contributed by atoms with Gasteiger partial charge < -0.3 is 0 Å². The van der Waals surface area contributed by atoms with Crippen LogP contribution in [0.3, 0.4) is 0 Å². The quantitative estimate of drug-likeness (QED) is 0.547. The van der Waals surface area contributed by atoms with E-state index in [0.29, 0.717) is 5.15 Å². The molecule has 1 nitrogen and oxygen atoms in total. The number of halogens is 1. The van der Waals surface area contributed by atoms with E-state index in [-0.39, 0.29) is 0 Å². The molecule has 0 amide bonds. The van der Waals surface area contributed by atoms with Gasteiger partial charge in [-0.2, -0.15) is 0 Å². The van der Waals surface area contributed by atoms with E-state index in [9.17, 15) is 0 Å². The second-order valence-corrected chi connectivity index (χ2v) is 2.23. The zero-order chi connectivity index (χ0) is 6.69. The molecule has 0 saturated heterocycles. The van der Waals surface area contributed by atoms with Crippen LogP contribution in [-0.4, -0.2) is 4.98 Å². The van der Waals surface area contributed by atoms with Crippen molar-refractivity contribution < 1.29 is 0 Å². The first-order chi connectivity index (χ1) is 4.33. The Labute approximate surface area is 59.7 Å². The van der Waals surface area contributed by atoms with Crippen molar-refractivity contribution in [3.8, 4) is 0 Å². The molecule has 1 aromatic rings. The summed E-state index contributed by atoms with van der Waals surface area (Å²) >= 11 is 5.56. The third kappa shape index (κ3) is 1.68. The van der Waals surface area contributed by atoms with Gasteiger partial charge in [0.25, 0.3) is 0 Å². The van der Waals surface area contributed by atoms with Gasteiger partial charge in [-0.15, -0.1) is 0 Å². The predicted molar refractivity (Wildman–Crippen MR) is 38.6 cm³/mol. The lowest BCUT2D eigenvalue weighted by Crippen LogP contribution is -1.80. The van der Waals surface area contributed by atoms with Crippen LogP contribution in [0.15, 0.2) is 18.3 Å². The molecule has 0 saturated carbocycles.